The van der Waals surface area contributed by atoms with Crippen LogP contribution in [0.15, 0.2) is 59.4 Å². The van der Waals surface area contributed by atoms with Crippen molar-refractivity contribution < 1.29 is 23.1 Å². The van der Waals surface area contributed by atoms with E-state index in [-0.39, 0.29) is 29.1 Å². The van der Waals surface area contributed by atoms with E-state index in [0.29, 0.717) is 12.0 Å². The van der Waals surface area contributed by atoms with Gasteiger partial charge in [0, 0.05) is 11.1 Å². The molecule has 162 valence electrons. The van der Waals surface area contributed by atoms with Gasteiger partial charge in [0.15, 0.2) is 0 Å². The maximum atomic E-state index is 13.7. The Hall–Kier alpha value is -3.46. The molecule has 0 aliphatic heterocycles. The van der Waals surface area contributed by atoms with Crippen molar-refractivity contribution in [1.29, 1.82) is 0 Å². The summed E-state index contributed by atoms with van der Waals surface area (Å²) >= 11 is 0. The Kier molecular flexibility index (Phi) is 6.86. The molecular formula is C22H20F3N3O3. The summed E-state index contributed by atoms with van der Waals surface area (Å²) in [5.41, 5.74) is -0.610. The SMILES string of the molecule is CCC(CO)NC(=O)c1cc(-c2ccc(C(F)F)cc2)nn(-c2cccc(F)c2)c1=O. The van der Waals surface area contributed by atoms with E-state index < -0.39 is 29.8 Å². The van der Waals surface area contributed by atoms with Gasteiger partial charge in [-0.2, -0.15) is 9.78 Å². The van der Waals surface area contributed by atoms with Gasteiger partial charge < -0.3 is 10.4 Å². The highest BCUT2D eigenvalue weighted by atomic mass is 19.3. The van der Waals surface area contributed by atoms with Crippen LogP contribution in [0, 0.1) is 5.82 Å². The van der Waals surface area contributed by atoms with E-state index in [2.05, 4.69) is 10.4 Å². The predicted octanol–water partition coefficient (Wildman–Crippen LogP) is 3.48. The monoisotopic (exact) mass is 431 g/mol. The van der Waals surface area contributed by atoms with Gasteiger partial charge in [0.1, 0.15) is 11.4 Å². The summed E-state index contributed by atoms with van der Waals surface area (Å²) in [7, 11) is 0. The maximum absolute atomic E-state index is 13.7. The summed E-state index contributed by atoms with van der Waals surface area (Å²) in [6, 6.07) is 11.0. The van der Waals surface area contributed by atoms with Crippen LogP contribution in [0.1, 0.15) is 35.7 Å². The molecule has 1 heterocycles. The summed E-state index contributed by atoms with van der Waals surface area (Å²) < 4.78 is 40.3. The largest absolute Gasteiger partial charge is 0.394 e. The van der Waals surface area contributed by atoms with Crippen molar-refractivity contribution in [2.75, 3.05) is 6.61 Å². The van der Waals surface area contributed by atoms with Gasteiger partial charge >= 0.3 is 0 Å². The van der Waals surface area contributed by atoms with Gasteiger partial charge in [-0.25, -0.2) is 13.2 Å². The number of nitrogens with zero attached hydrogens (tertiary/aromatic N) is 2. The van der Waals surface area contributed by atoms with Crippen LogP contribution >= 0.6 is 0 Å². The fraction of sp³-hybridized carbons (Fsp3) is 0.227. The molecule has 31 heavy (non-hydrogen) atoms. The molecule has 2 N–H and O–H groups in total. The third-order valence-corrected chi connectivity index (χ3v) is 4.72. The predicted molar refractivity (Wildman–Crippen MR) is 109 cm³/mol. The van der Waals surface area contributed by atoms with Gasteiger partial charge in [-0.15, -0.1) is 0 Å². The number of hydrogen-bond donors (Lipinski definition) is 2. The zero-order valence-corrected chi connectivity index (χ0v) is 16.6. The molecule has 0 spiro atoms. The smallest absolute Gasteiger partial charge is 0.284 e. The van der Waals surface area contributed by atoms with E-state index in [1.165, 1.54) is 48.5 Å². The molecule has 9 heteroatoms. The minimum atomic E-state index is -2.64. The van der Waals surface area contributed by atoms with Gasteiger partial charge in [-0.05, 0) is 30.7 Å². The highest BCUT2D eigenvalue weighted by Gasteiger charge is 2.20. The molecule has 2 aromatic carbocycles. The Morgan fingerprint density at radius 3 is 2.45 bits per heavy atom. The summed E-state index contributed by atoms with van der Waals surface area (Å²) in [5, 5.41) is 16.1. The van der Waals surface area contributed by atoms with Crippen molar-refractivity contribution in [2.45, 2.75) is 25.8 Å². The first-order chi connectivity index (χ1) is 14.8. The Balaban J connectivity index is 2.16. The Bertz CT molecular complexity index is 1130. The second-order valence-electron chi connectivity index (χ2n) is 6.82. The molecule has 3 rings (SSSR count). The fourth-order valence-corrected chi connectivity index (χ4v) is 2.92. The average molecular weight is 431 g/mol. The molecule has 3 aromatic rings. The first kappa shape index (κ1) is 22.2. The van der Waals surface area contributed by atoms with Crippen molar-refractivity contribution >= 4 is 5.91 Å². The van der Waals surface area contributed by atoms with E-state index in [9.17, 15) is 27.9 Å². The van der Waals surface area contributed by atoms with Crippen LogP contribution in [-0.4, -0.2) is 33.4 Å². The zero-order chi connectivity index (χ0) is 22.5. The van der Waals surface area contributed by atoms with Gasteiger partial charge in [-0.3, -0.25) is 9.59 Å². The lowest BCUT2D eigenvalue weighted by Gasteiger charge is -2.15. The fourth-order valence-electron chi connectivity index (χ4n) is 2.92. The van der Waals surface area contributed by atoms with Crippen LogP contribution in [0.4, 0.5) is 13.2 Å². The highest BCUT2D eigenvalue weighted by Crippen LogP contribution is 2.23. The lowest BCUT2D eigenvalue weighted by molar-refractivity contribution is 0.0912. The zero-order valence-electron chi connectivity index (χ0n) is 16.6. The Morgan fingerprint density at radius 1 is 1.16 bits per heavy atom. The first-order valence-electron chi connectivity index (χ1n) is 9.54. The second-order valence-corrected chi connectivity index (χ2v) is 6.82. The van der Waals surface area contributed by atoms with E-state index in [0.717, 1.165) is 10.7 Å². The van der Waals surface area contributed by atoms with Crippen molar-refractivity contribution in [3.05, 3.63) is 81.9 Å². The number of benzene rings is 2. The van der Waals surface area contributed by atoms with Crippen molar-refractivity contribution in [1.82, 2.24) is 15.1 Å². The van der Waals surface area contributed by atoms with Crippen molar-refractivity contribution in [3.63, 3.8) is 0 Å². The minimum Gasteiger partial charge on any atom is -0.394 e. The van der Waals surface area contributed by atoms with Crippen LogP contribution < -0.4 is 10.9 Å². The van der Waals surface area contributed by atoms with Crippen LogP contribution in [-0.2, 0) is 0 Å². The molecular weight excluding hydrogens is 411 g/mol. The van der Waals surface area contributed by atoms with Crippen LogP contribution in [0.5, 0.6) is 0 Å². The third-order valence-electron chi connectivity index (χ3n) is 4.72. The number of carbonyl (C=O) groups is 1. The molecule has 0 fully saturated rings. The number of carbonyl (C=O) groups excluding carboxylic acids is 1. The van der Waals surface area contributed by atoms with Gasteiger partial charge in [0.25, 0.3) is 17.9 Å². The van der Waals surface area contributed by atoms with Crippen molar-refractivity contribution in [2.24, 2.45) is 0 Å². The number of hydrogen-bond acceptors (Lipinski definition) is 4. The quantitative estimate of drug-likeness (QED) is 0.600. The standard InChI is InChI=1S/C22H20F3N3O3/c1-2-16(12-29)26-21(30)18-11-19(13-6-8-14(9-7-13)20(24)25)27-28(22(18)31)17-5-3-4-15(23)10-17/h3-11,16,20,29H,2,12H2,1H3,(H,26,30). The summed E-state index contributed by atoms with van der Waals surface area (Å²) in [5.74, 6) is -1.33. The summed E-state index contributed by atoms with van der Waals surface area (Å²) in [6.45, 7) is 1.45. The number of alkyl halides is 2. The van der Waals surface area contributed by atoms with E-state index in [1.807, 2.05) is 0 Å². The number of nitrogens with one attached hydrogen (secondary N) is 1. The molecule has 1 unspecified atom stereocenters. The molecule has 1 aromatic heterocycles. The number of rotatable bonds is 7. The van der Waals surface area contributed by atoms with E-state index >= 15 is 0 Å². The normalized spacial score (nSPS) is 12.1. The molecule has 0 bridgehead atoms. The number of aromatic nitrogens is 2. The number of amides is 1. The van der Waals surface area contributed by atoms with Crippen LogP contribution in [0.3, 0.4) is 0 Å². The lowest BCUT2D eigenvalue weighted by Crippen LogP contribution is -2.40. The van der Waals surface area contributed by atoms with Gasteiger partial charge in [0.2, 0.25) is 0 Å². The third kappa shape index (κ3) is 5.00. The Labute approximate surface area is 176 Å². The van der Waals surface area contributed by atoms with Gasteiger partial charge in [0.05, 0.1) is 24.0 Å². The maximum Gasteiger partial charge on any atom is 0.284 e. The van der Waals surface area contributed by atoms with Crippen LogP contribution in [0.25, 0.3) is 16.9 Å². The molecule has 1 amide bonds. The molecule has 1 atom stereocenters. The summed E-state index contributed by atoms with van der Waals surface area (Å²) in [6.07, 6.45) is -2.21. The van der Waals surface area contributed by atoms with Gasteiger partial charge in [-0.1, -0.05) is 37.3 Å². The van der Waals surface area contributed by atoms with Crippen LogP contribution in [0.2, 0.25) is 0 Å². The lowest BCUT2D eigenvalue weighted by atomic mass is 10.1. The molecule has 0 saturated carbocycles. The summed E-state index contributed by atoms with van der Waals surface area (Å²) in [4.78, 5) is 25.7. The minimum absolute atomic E-state index is 0.0966. The Morgan fingerprint density at radius 2 is 1.87 bits per heavy atom. The second kappa shape index (κ2) is 9.57. The van der Waals surface area contributed by atoms with E-state index in [1.54, 1.807) is 6.92 Å². The van der Waals surface area contributed by atoms with E-state index in [4.69, 9.17) is 0 Å². The number of halogens is 3. The highest BCUT2D eigenvalue weighted by molar-refractivity contribution is 5.95. The number of aliphatic hydroxyl groups is 1. The first-order valence-corrected chi connectivity index (χ1v) is 9.54. The molecule has 0 aliphatic rings. The number of aliphatic hydroxyl groups excluding tert-OH is 1. The topological polar surface area (TPSA) is 84.2 Å². The molecule has 0 aliphatic carbocycles. The average Bonchev–Trinajstić information content (AvgIpc) is 2.77. The molecule has 0 saturated heterocycles. The molecule has 6 nitrogen and oxygen atoms in total. The van der Waals surface area contributed by atoms with Crippen molar-refractivity contribution in [3.8, 4) is 16.9 Å². The molecule has 0 radical (unpaired) electrons.